The molecule has 1 atom stereocenters. The maximum absolute atomic E-state index is 12.6. The standard InChI is InChI=1S/C14H16N6O3S/c1-19-9-13(18-10-19)24(21,22)20-6-2-3-11(8-20)23-14-12(7-15)16-4-5-17-14/h4-5,9-11H,2-3,6,8H2,1H3/t11-/m0/s1. The van der Waals surface area contributed by atoms with Crippen molar-refractivity contribution in [3.05, 3.63) is 30.6 Å². The summed E-state index contributed by atoms with van der Waals surface area (Å²) in [5.41, 5.74) is 0.0854. The number of imidazole rings is 1. The Kier molecular flexibility index (Phi) is 4.46. The highest BCUT2D eigenvalue weighted by Crippen LogP contribution is 2.22. The highest BCUT2D eigenvalue weighted by molar-refractivity contribution is 7.89. The predicted molar refractivity (Wildman–Crippen MR) is 82.4 cm³/mol. The first-order chi connectivity index (χ1) is 11.5. The lowest BCUT2D eigenvalue weighted by Crippen LogP contribution is -2.44. The van der Waals surface area contributed by atoms with Crippen LogP contribution >= 0.6 is 0 Å². The van der Waals surface area contributed by atoms with Crippen molar-refractivity contribution in [3.8, 4) is 11.9 Å². The van der Waals surface area contributed by atoms with Crippen LogP contribution in [-0.2, 0) is 17.1 Å². The molecule has 3 rings (SSSR count). The van der Waals surface area contributed by atoms with Crippen LogP contribution in [0.25, 0.3) is 0 Å². The summed E-state index contributed by atoms with van der Waals surface area (Å²) in [6, 6.07) is 1.91. The molecule has 0 unspecified atom stereocenters. The van der Waals surface area contributed by atoms with Gasteiger partial charge in [0.15, 0.2) is 5.03 Å². The first kappa shape index (κ1) is 16.4. The summed E-state index contributed by atoms with van der Waals surface area (Å²) in [6.45, 7) is 0.588. The molecule has 0 bridgehead atoms. The van der Waals surface area contributed by atoms with E-state index in [9.17, 15) is 8.42 Å². The smallest absolute Gasteiger partial charge is 0.262 e. The zero-order chi connectivity index (χ0) is 17.2. The summed E-state index contributed by atoms with van der Waals surface area (Å²) >= 11 is 0. The molecule has 10 heteroatoms. The van der Waals surface area contributed by atoms with Crippen LogP contribution < -0.4 is 4.74 Å². The van der Waals surface area contributed by atoms with Crippen LogP contribution in [0.5, 0.6) is 5.88 Å². The molecule has 0 N–H and O–H groups in total. The van der Waals surface area contributed by atoms with Crippen molar-refractivity contribution in [2.24, 2.45) is 7.05 Å². The lowest BCUT2D eigenvalue weighted by atomic mass is 10.1. The number of nitriles is 1. The van der Waals surface area contributed by atoms with Gasteiger partial charge in [-0.15, -0.1) is 0 Å². The van der Waals surface area contributed by atoms with Crippen LogP contribution in [0.1, 0.15) is 18.5 Å². The van der Waals surface area contributed by atoms with E-state index < -0.39 is 10.0 Å². The van der Waals surface area contributed by atoms with E-state index in [1.54, 1.807) is 11.6 Å². The van der Waals surface area contributed by atoms with Gasteiger partial charge in [0.25, 0.3) is 15.9 Å². The fourth-order valence-corrected chi connectivity index (χ4v) is 4.00. The molecule has 9 nitrogen and oxygen atoms in total. The Morgan fingerprint density at radius 2 is 2.12 bits per heavy atom. The van der Waals surface area contributed by atoms with Gasteiger partial charge in [-0.1, -0.05) is 0 Å². The van der Waals surface area contributed by atoms with Crippen molar-refractivity contribution in [2.75, 3.05) is 13.1 Å². The first-order valence-electron chi connectivity index (χ1n) is 7.36. The third kappa shape index (κ3) is 3.22. The lowest BCUT2D eigenvalue weighted by Gasteiger charge is -2.31. The molecule has 1 aliphatic rings. The van der Waals surface area contributed by atoms with E-state index in [-0.39, 0.29) is 29.2 Å². The number of rotatable bonds is 4. The summed E-state index contributed by atoms with van der Waals surface area (Å²) < 4.78 is 33.9. The largest absolute Gasteiger partial charge is 0.471 e. The zero-order valence-electron chi connectivity index (χ0n) is 13.0. The Morgan fingerprint density at radius 3 is 2.83 bits per heavy atom. The molecule has 1 aliphatic heterocycles. The molecule has 126 valence electrons. The van der Waals surface area contributed by atoms with Crippen LogP contribution in [0.2, 0.25) is 0 Å². The van der Waals surface area contributed by atoms with Gasteiger partial charge >= 0.3 is 0 Å². The van der Waals surface area contributed by atoms with Crippen molar-refractivity contribution in [1.82, 2.24) is 23.8 Å². The second kappa shape index (κ2) is 6.54. The SMILES string of the molecule is Cn1cnc(S(=O)(=O)N2CCC[C@H](Oc3nccnc3C#N)C2)c1. The number of piperidine rings is 1. The average molecular weight is 348 g/mol. The molecule has 0 aliphatic carbocycles. The minimum absolute atomic E-state index is 0.0165. The number of ether oxygens (including phenoxy) is 1. The van der Waals surface area contributed by atoms with Crippen LogP contribution in [0.15, 0.2) is 29.9 Å². The average Bonchev–Trinajstić information content (AvgIpc) is 3.03. The topological polar surface area (TPSA) is 114 Å². The van der Waals surface area contributed by atoms with E-state index in [4.69, 9.17) is 10.00 Å². The van der Waals surface area contributed by atoms with Gasteiger partial charge in [-0.05, 0) is 12.8 Å². The number of aryl methyl sites for hydroxylation is 1. The second-order valence-corrected chi connectivity index (χ2v) is 7.33. The molecule has 0 amide bonds. The monoisotopic (exact) mass is 348 g/mol. The normalized spacial score (nSPS) is 18.9. The molecule has 1 fully saturated rings. The molecular formula is C14H16N6O3S. The number of hydrogen-bond acceptors (Lipinski definition) is 7. The summed E-state index contributed by atoms with van der Waals surface area (Å²) in [5.74, 6) is 0.127. The molecule has 24 heavy (non-hydrogen) atoms. The van der Waals surface area contributed by atoms with E-state index in [0.29, 0.717) is 19.4 Å². The fraction of sp³-hybridized carbons (Fsp3) is 0.429. The Labute approximate surface area is 139 Å². The van der Waals surface area contributed by atoms with Gasteiger partial charge < -0.3 is 9.30 Å². The molecule has 3 heterocycles. The Balaban J connectivity index is 1.76. The second-order valence-electron chi connectivity index (χ2n) is 5.44. The molecule has 0 spiro atoms. The lowest BCUT2D eigenvalue weighted by molar-refractivity contribution is 0.123. The fourth-order valence-electron chi connectivity index (χ4n) is 2.52. The van der Waals surface area contributed by atoms with Gasteiger partial charge in [0.05, 0.1) is 12.9 Å². The zero-order valence-corrected chi connectivity index (χ0v) is 13.8. The van der Waals surface area contributed by atoms with Gasteiger partial charge in [0.2, 0.25) is 5.69 Å². The van der Waals surface area contributed by atoms with Crippen LogP contribution in [0.3, 0.4) is 0 Å². The van der Waals surface area contributed by atoms with Gasteiger partial charge in [0.1, 0.15) is 12.2 Å². The van der Waals surface area contributed by atoms with Gasteiger partial charge in [-0.3, -0.25) is 0 Å². The highest BCUT2D eigenvalue weighted by Gasteiger charge is 2.33. The van der Waals surface area contributed by atoms with Crippen molar-refractivity contribution in [1.29, 1.82) is 5.26 Å². The molecule has 1 saturated heterocycles. The molecule has 0 aromatic carbocycles. The van der Waals surface area contributed by atoms with Crippen molar-refractivity contribution in [3.63, 3.8) is 0 Å². The van der Waals surface area contributed by atoms with Crippen molar-refractivity contribution < 1.29 is 13.2 Å². The Hall–Kier alpha value is -2.51. The Morgan fingerprint density at radius 1 is 1.33 bits per heavy atom. The number of hydrogen-bond donors (Lipinski definition) is 0. The number of nitrogens with zero attached hydrogens (tertiary/aromatic N) is 6. The van der Waals surface area contributed by atoms with Crippen LogP contribution in [-0.4, -0.2) is 51.4 Å². The van der Waals surface area contributed by atoms with Gasteiger partial charge in [0, 0.05) is 32.2 Å². The van der Waals surface area contributed by atoms with Crippen molar-refractivity contribution in [2.45, 2.75) is 24.0 Å². The molecular weight excluding hydrogens is 332 g/mol. The maximum Gasteiger partial charge on any atom is 0.262 e. The van der Waals surface area contributed by atoms with Gasteiger partial charge in [-0.2, -0.15) is 9.57 Å². The third-order valence-electron chi connectivity index (χ3n) is 3.68. The predicted octanol–water partition coefficient (Wildman–Crippen LogP) is 0.314. The summed E-state index contributed by atoms with van der Waals surface area (Å²) in [6.07, 6.45) is 6.70. The van der Waals surface area contributed by atoms with Gasteiger partial charge in [-0.25, -0.2) is 23.4 Å². The minimum Gasteiger partial charge on any atom is -0.471 e. The summed E-state index contributed by atoms with van der Waals surface area (Å²) in [5, 5.41) is 9.05. The molecule has 0 saturated carbocycles. The summed E-state index contributed by atoms with van der Waals surface area (Å²) in [4.78, 5) is 11.8. The first-order valence-corrected chi connectivity index (χ1v) is 8.80. The van der Waals surface area contributed by atoms with Crippen molar-refractivity contribution >= 4 is 10.0 Å². The van der Waals surface area contributed by atoms with Crippen LogP contribution in [0.4, 0.5) is 0 Å². The number of aromatic nitrogens is 4. The quantitative estimate of drug-likeness (QED) is 0.781. The summed E-state index contributed by atoms with van der Waals surface area (Å²) in [7, 11) is -1.95. The van der Waals surface area contributed by atoms with E-state index in [2.05, 4.69) is 15.0 Å². The Bertz CT molecular complexity index is 873. The maximum atomic E-state index is 12.6. The minimum atomic E-state index is -3.66. The van der Waals surface area contributed by atoms with Crippen LogP contribution in [0, 0.1) is 11.3 Å². The van der Waals surface area contributed by atoms with E-state index >= 15 is 0 Å². The third-order valence-corrected chi connectivity index (χ3v) is 5.43. The van der Waals surface area contributed by atoms with E-state index in [0.717, 1.165) is 0 Å². The molecule has 2 aromatic rings. The number of sulfonamides is 1. The van der Waals surface area contributed by atoms with E-state index in [1.165, 1.54) is 29.2 Å². The highest BCUT2D eigenvalue weighted by atomic mass is 32.2. The molecule has 0 radical (unpaired) electrons. The molecule has 2 aromatic heterocycles. The van der Waals surface area contributed by atoms with E-state index in [1.807, 2.05) is 6.07 Å².